The van der Waals surface area contributed by atoms with Crippen molar-refractivity contribution in [2.24, 2.45) is 0 Å². The quantitative estimate of drug-likeness (QED) is 0.0990. The first-order chi connectivity index (χ1) is 19.4. The highest BCUT2D eigenvalue weighted by atomic mass is 32.2. The van der Waals surface area contributed by atoms with Gasteiger partial charge in [0.1, 0.15) is 17.8 Å². The first-order valence-electron chi connectivity index (χ1n) is 13.4. The first kappa shape index (κ1) is 29.8. The lowest BCUT2D eigenvalue weighted by atomic mass is 10.1. The highest BCUT2D eigenvalue weighted by Gasteiger charge is 2.31. The Labute approximate surface area is 244 Å². The van der Waals surface area contributed by atoms with Crippen molar-refractivity contribution in [3.05, 3.63) is 84.4 Å². The molecule has 0 aromatic heterocycles. The molecule has 0 radical (unpaired) electrons. The third-order valence-corrected chi connectivity index (χ3v) is 8.69. The molecule has 0 spiro atoms. The Hall–Kier alpha value is -3.14. The Bertz CT molecular complexity index is 1300. The number of thioether (sulfide) groups is 1. The molecule has 0 aliphatic carbocycles. The number of unbranched alkanes of at least 4 members (excludes halogenated alkanes) is 1. The summed E-state index contributed by atoms with van der Waals surface area (Å²) in [6, 6.07) is 22.7. The van der Waals surface area contributed by atoms with Gasteiger partial charge in [-0.1, -0.05) is 57.0 Å². The number of benzene rings is 3. The topological polar surface area (TPSA) is 62.2 Å². The van der Waals surface area contributed by atoms with Crippen molar-refractivity contribution in [2.45, 2.75) is 55.5 Å². The molecule has 1 aliphatic heterocycles. The van der Waals surface area contributed by atoms with Crippen molar-refractivity contribution >= 4 is 41.1 Å². The number of anilines is 2. The van der Waals surface area contributed by atoms with E-state index in [0.717, 1.165) is 65.0 Å². The van der Waals surface area contributed by atoms with Crippen LogP contribution in [0.2, 0.25) is 0 Å². The molecule has 40 heavy (non-hydrogen) atoms. The largest absolute Gasteiger partial charge is 0.497 e. The molecule has 212 valence electrons. The van der Waals surface area contributed by atoms with E-state index in [-0.39, 0.29) is 6.04 Å². The van der Waals surface area contributed by atoms with Gasteiger partial charge in [0.25, 0.3) is 0 Å². The fourth-order valence-corrected chi connectivity index (χ4v) is 6.51. The smallest absolute Gasteiger partial charge is 0.368 e. The lowest BCUT2D eigenvalue weighted by Gasteiger charge is -2.32. The Balaban J connectivity index is 1.80. The third-order valence-electron chi connectivity index (χ3n) is 6.58. The van der Waals surface area contributed by atoms with Gasteiger partial charge >= 0.3 is 5.97 Å². The number of rotatable bonds is 12. The number of ether oxygens (including phenoxy) is 2. The molecule has 3 aromatic carbocycles. The summed E-state index contributed by atoms with van der Waals surface area (Å²) in [4.78, 5) is 15.2. The summed E-state index contributed by atoms with van der Waals surface area (Å²) in [5, 5.41) is 8.98. The molecule has 6 nitrogen and oxygen atoms in total. The molecule has 0 saturated heterocycles. The third kappa shape index (κ3) is 7.53. The fraction of sp³-hybridized carbons (Fsp3) is 0.323. The van der Waals surface area contributed by atoms with Crippen LogP contribution in [-0.4, -0.2) is 40.8 Å². The van der Waals surface area contributed by atoms with Crippen molar-refractivity contribution in [2.75, 3.05) is 24.3 Å². The van der Waals surface area contributed by atoms with Crippen molar-refractivity contribution in [1.29, 1.82) is 0 Å². The highest BCUT2D eigenvalue weighted by molar-refractivity contribution is 7.99. The van der Waals surface area contributed by atoms with Gasteiger partial charge < -0.3 is 19.5 Å². The van der Waals surface area contributed by atoms with Crippen LogP contribution in [0.25, 0.3) is 0 Å². The first-order valence-corrected chi connectivity index (χ1v) is 15.2. The Morgan fingerprint density at radius 3 is 2.55 bits per heavy atom. The monoisotopic (exact) mass is 582 g/mol. The van der Waals surface area contributed by atoms with Gasteiger partial charge in [0.2, 0.25) is 5.83 Å². The maximum Gasteiger partial charge on any atom is 0.368 e. The summed E-state index contributed by atoms with van der Waals surface area (Å²) >= 11 is 3.24. The van der Waals surface area contributed by atoms with E-state index in [0.29, 0.717) is 12.0 Å². The van der Waals surface area contributed by atoms with E-state index >= 15 is 0 Å². The van der Waals surface area contributed by atoms with Gasteiger partial charge in [-0.05, 0) is 66.1 Å². The SMILES string of the molecule is CCCCC1CN(c2ccccc2)c2cc(SCC)c(O/C=C(\F)C(=O)O)cc2SN1Cc1ccc(OC)cc1. The normalized spacial score (nSPS) is 15.8. The van der Waals surface area contributed by atoms with Crippen molar-refractivity contribution < 1.29 is 23.8 Å². The number of aliphatic carboxylic acids is 1. The standard InChI is InChI=1S/C31H35FN2O4S2/c1-4-6-10-24-20-33(23-11-8-7-9-12-23)27-17-30(39-5-2)28(38-21-26(32)31(35)36)18-29(27)40-34(24)19-22-13-15-25(37-3)16-14-22/h7-9,11-18,21,24H,4-6,10,19-20H2,1-3H3,(H,35,36)/b26-21-. The van der Waals surface area contributed by atoms with E-state index < -0.39 is 11.8 Å². The van der Waals surface area contributed by atoms with Gasteiger partial charge in [-0.3, -0.25) is 0 Å². The van der Waals surface area contributed by atoms with Crippen LogP contribution in [0.15, 0.2) is 88.6 Å². The lowest BCUT2D eigenvalue weighted by Crippen LogP contribution is -2.37. The van der Waals surface area contributed by atoms with Gasteiger partial charge in [-0.25, -0.2) is 9.10 Å². The minimum atomic E-state index is -1.66. The van der Waals surface area contributed by atoms with Gasteiger partial charge in [-0.2, -0.15) is 4.39 Å². The van der Waals surface area contributed by atoms with E-state index in [1.165, 1.54) is 5.56 Å². The molecule has 1 atom stereocenters. The second-order valence-corrected chi connectivity index (χ2v) is 11.7. The minimum Gasteiger partial charge on any atom is -0.497 e. The summed E-state index contributed by atoms with van der Waals surface area (Å²) in [5.41, 5.74) is 3.31. The Kier molecular flexibility index (Phi) is 10.8. The summed E-state index contributed by atoms with van der Waals surface area (Å²) in [6.07, 6.45) is 3.91. The number of carboxylic acids is 1. The average molecular weight is 583 g/mol. The lowest BCUT2D eigenvalue weighted by molar-refractivity contribution is -0.134. The van der Waals surface area contributed by atoms with Gasteiger partial charge in [0, 0.05) is 24.8 Å². The molecule has 0 amide bonds. The van der Waals surface area contributed by atoms with Crippen LogP contribution in [-0.2, 0) is 11.3 Å². The Morgan fingerprint density at radius 1 is 1.15 bits per heavy atom. The number of carbonyl (C=O) groups is 1. The molecule has 1 N–H and O–H groups in total. The van der Waals surface area contributed by atoms with Crippen LogP contribution < -0.4 is 14.4 Å². The van der Waals surface area contributed by atoms with E-state index in [1.807, 2.05) is 43.3 Å². The van der Waals surface area contributed by atoms with Crippen molar-refractivity contribution in [3.8, 4) is 11.5 Å². The van der Waals surface area contributed by atoms with Gasteiger partial charge in [-0.15, -0.1) is 11.8 Å². The molecular weight excluding hydrogens is 547 g/mol. The molecule has 0 fully saturated rings. The molecule has 0 bridgehead atoms. The highest BCUT2D eigenvalue weighted by Crippen LogP contribution is 2.47. The number of para-hydroxylation sites is 1. The zero-order valence-corrected chi connectivity index (χ0v) is 24.6. The molecule has 0 saturated carbocycles. The second-order valence-electron chi connectivity index (χ2n) is 9.35. The number of fused-ring (bicyclic) bond motifs is 1. The predicted molar refractivity (Wildman–Crippen MR) is 161 cm³/mol. The summed E-state index contributed by atoms with van der Waals surface area (Å²) in [5.74, 6) is -0.976. The average Bonchev–Trinajstić information content (AvgIpc) is 3.11. The summed E-state index contributed by atoms with van der Waals surface area (Å²) < 4.78 is 27.2. The predicted octanol–water partition coefficient (Wildman–Crippen LogP) is 8.30. The number of hydrogen-bond acceptors (Lipinski definition) is 7. The zero-order chi connectivity index (χ0) is 28.5. The number of carboxylic acid groups (broad SMARTS) is 1. The molecular formula is C31H35FN2O4S2. The van der Waals surface area contributed by atoms with Gasteiger partial charge in [0.15, 0.2) is 0 Å². The number of halogens is 1. The van der Waals surface area contributed by atoms with Gasteiger partial charge in [0.05, 0.1) is 22.6 Å². The van der Waals surface area contributed by atoms with E-state index in [2.05, 4.69) is 46.5 Å². The zero-order valence-electron chi connectivity index (χ0n) is 23.0. The number of methoxy groups -OCH3 is 1. The van der Waals surface area contributed by atoms with Crippen LogP contribution in [0.5, 0.6) is 11.5 Å². The maximum atomic E-state index is 13.8. The molecule has 3 aromatic rings. The van der Waals surface area contributed by atoms with E-state index in [9.17, 15) is 9.18 Å². The van der Waals surface area contributed by atoms with Crippen LogP contribution >= 0.6 is 23.7 Å². The fourth-order valence-electron chi connectivity index (χ4n) is 4.54. The maximum absolute atomic E-state index is 13.8. The van der Waals surface area contributed by atoms with Crippen LogP contribution in [0.4, 0.5) is 15.8 Å². The summed E-state index contributed by atoms with van der Waals surface area (Å²) in [7, 11) is 1.66. The van der Waals surface area contributed by atoms with Crippen molar-refractivity contribution in [3.63, 3.8) is 0 Å². The van der Waals surface area contributed by atoms with Crippen LogP contribution in [0.3, 0.4) is 0 Å². The van der Waals surface area contributed by atoms with Crippen LogP contribution in [0.1, 0.15) is 38.7 Å². The number of nitrogens with zero attached hydrogens (tertiary/aromatic N) is 2. The van der Waals surface area contributed by atoms with E-state index in [1.54, 1.807) is 30.8 Å². The van der Waals surface area contributed by atoms with E-state index in [4.69, 9.17) is 14.6 Å². The summed E-state index contributed by atoms with van der Waals surface area (Å²) in [6.45, 7) is 5.77. The molecule has 1 heterocycles. The molecule has 1 aliphatic rings. The minimum absolute atomic E-state index is 0.246. The Morgan fingerprint density at radius 2 is 1.90 bits per heavy atom. The molecule has 9 heteroatoms. The van der Waals surface area contributed by atoms with Crippen LogP contribution in [0, 0.1) is 0 Å². The molecule has 1 unspecified atom stereocenters. The molecule has 4 rings (SSSR count). The number of hydrogen-bond donors (Lipinski definition) is 1. The second kappa shape index (κ2) is 14.5. The van der Waals surface area contributed by atoms with Crippen molar-refractivity contribution in [1.82, 2.24) is 4.31 Å².